The molecule has 1 aromatic carbocycles. The van der Waals surface area contributed by atoms with Gasteiger partial charge in [-0.25, -0.2) is 4.68 Å². The van der Waals surface area contributed by atoms with Gasteiger partial charge in [0.25, 0.3) is 5.91 Å². The number of benzene rings is 1. The molecule has 2 atom stereocenters. The topological polar surface area (TPSA) is 75.2 Å². The molecule has 1 heterocycles. The summed E-state index contributed by atoms with van der Waals surface area (Å²) in [5, 5.41) is 16.9. The van der Waals surface area contributed by atoms with Crippen LogP contribution in [0, 0.1) is 31.1 Å². The van der Waals surface area contributed by atoms with E-state index in [-0.39, 0.29) is 11.8 Å². The molecule has 6 heteroatoms. The van der Waals surface area contributed by atoms with Gasteiger partial charge in [-0.2, -0.15) is 10.4 Å². The fraction of sp³-hybridized carbons (Fsp3) is 0.476. The minimum absolute atomic E-state index is 0.0420. The third-order valence-corrected chi connectivity index (χ3v) is 5.17. The molecular weight excluding hydrogens is 338 g/mol. The Morgan fingerprint density at radius 1 is 1.33 bits per heavy atom. The van der Waals surface area contributed by atoms with E-state index in [9.17, 15) is 10.1 Å². The minimum Gasteiger partial charge on any atom is -0.333 e. The van der Waals surface area contributed by atoms with Gasteiger partial charge in [0.05, 0.1) is 35.8 Å². The second-order valence-corrected chi connectivity index (χ2v) is 7.72. The molecule has 0 spiro atoms. The maximum atomic E-state index is 12.4. The summed E-state index contributed by atoms with van der Waals surface area (Å²) in [7, 11) is 1.98. The first-order chi connectivity index (χ1) is 12.7. The first-order valence-corrected chi connectivity index (χ1v) is 9.32. The Hall–Kier alpha value is -2.65. The van der Waals surface area contributed by atoms with Gasteiger partial charge in [-0.05, 0) is 38.8 Å². The summed E-state index contributed by atoms with van der Waals surface area (Å²) in [6.07, 6.45) is 0. The highest BCUT2D eigenvalue weighted by molar-refractivity contribution is 5.78. The Morgan fingerprint density at radius 2 is 1.96 bits per heavy atom. The number of hydrogen-bond acceptors (Lipinski definition) is 3. The van der Waals surface area contributed by atoms with Crippen LogP contribution in [0.2, 0.25) is 0 Å². The summed E-state index contributed by atoms with van der Waals surface area (Å²) in [6, 6.07) is 12.2. The Morgan fingerprint density at radius 3 is 2.52 bits per heavy atom. The van der Waals surface area contributed by atoms with Crippen LogP contribution in [0.15, 0.2) is 30.3 Å². The van der Waals surface area contributed by atoms with E-state index in [4.69, 9.17) is 0 Å². The van der Waals surface area contributed by atoms with Crippen molar-refractivity contribution in [2.24, 2.45) is 5.92 Å². The second-order valence-electron chi connectivity index (χ2n) is 7.72. The van der Waals surface area contributed by atoms with Crippen molar-refractivity contribution in [2.45, 2.75) is 46.7 Å². The van der Waals surface area contributed by atoms with Crippen LogP contribution >= 0.6 is 0 Å². The summed E-state index contributed by atoms with van der Waals surface area (Å²) in [6.45, 7) is 10.7. The molecule has 1 aromatic heterocycles. The molecule has 6 nitrogen and oxygen atoms in total. The number of carbonyl (C=O) groups is 1. The molecule has 1 unspecified atom stereocenters. The lowest BCUT2D eigenvalue weighted by Gasteiger charge is -2.27. The number of nitrogens with zero attached hydrogens (tertiary/aromatic N) is 3. The first kappa shape index (κ1) is 20.7. The predicted molar refractivity (Wildman–Crippen MR) is 105 cm³/mol. The van der Waals surface area contributed by atoms with Gasteiger partial charge in [-0.1, -0.05) is 32.0 Å². The molecule has 1 amide bonds. The molecule has 0 radical (unpaired) electrons. The van der Waals surface area contributed by atoms with Crippen molar-refractivity contribution in [2.75, 3.05) is 13.6 Å². The van der Waals surface area contributed by atoms with Gasteiger partial charge >= 0.3 is 0 Å². The smallest absolute Gasteiger partial charge is 0.276 e. The highest BCUT2D eigenvalue weighted by atomic mass is 16.2. The average molecular weight is 369 g/mol. The zero-order chi connectivity index (χ0) is 20.2. The molecule has 0 aliphatic rings. The molecule has 0 aliphatic carbocycles. The van der Waals surface area contributed by atoms with Crippen LogP contribution in [-0.4, -0.2) is 34.8 Å². The lowest BCUT2D eigenvalue weighted by atomic mass is 9.90. The van der Waals surface area contributed by atoms with Gasteiger partial charge in [-0.3, -0.25) is 4.79 Å². The molecule has 0 saturated carbocycles. The van der Waals surface area contributed by atoms with Crippen LogP contribution in [0.3, 0.4) is 0 Å². The average Bonchev–Trinajstić information content (AvgIpc) is 2.90. The normalized spacial score (nSPS) is 14.4. The minimum atomic E-state index is -0.846. The van der Waals surface area contributed by atoms with Crippen LogP contribution in [0.25, 0.3) is 5.69 Å². The Balaban J connectivity index is 2.08. The maximum Gasteiger partial charge on any atom is 0.276 e. The van der Waals surface area contributed by atoms with Crippen LogP contribution in [0.4, 0.5) is 0 Å². The Kier molecular flexibility index (Phi) is 6.40. The third kappa shape index (κ3) is 4.75. The molecular formula is C21H30N5O+. The van der Waals surface area contributed by atoms with Gasteiger partial charge in [0.2, 0.25) is 0 Å². The van der Waals surface area contributed by atoms with Gasteiger partial charge in [0, 0.05) is 0 Å². The van der Waals surface area contributed by atoms with Crippen LogP contribution in [0.1, 0.15) is 37.7 Å². The molecule has 0 bridgehead atoms. The van der Waals surface area contributed by atoms with E-state index < -0.39 is 5.54 Å². The van der Waals surface area contributed by atoms with Gasteiger partial charge in [0.1, 0.15) is 12.1 Å². The second kappa shape index (κ2) is 8.36. The molecule has 2 N–H and O–H groups in total. The Bertz CT molecular complexity index is 834. The van der Waals surface area contributed by atoms with E-state index in [1.165, 1.54) is 0 Å². The molecule has 0 fully saturated rings. The SMILES string of the molecule is Cc1nn(-c2ccccc2)c(C)c1C[NH+](C)CC(=O)N[C@](C)(C#N)C(C)C. The number of nitrogens with one attached hydrogen (secondary N) is 2. The number of nitriles is 1. The summed E-state index contributed by atoms with van der Waals surface area (Å²) < 4.78 is 1.95. The number of para-hydroxylation sites is 1. The quantitative estimate of drug-likeness (QED) is 0.779. The van der Waals surface area contributed by atoms with Crippen LogP contribution in [-0.2, 0) is 11.3 Å². The van der Waals surface area contributed by atoms with Gasteiger partial charge in [0.15, 0.2) is 6.54 Å². The number of amides is 1. The fourth-order valence-electron chi connectivity index (χ4n) is 3.02. The van der Waals surface area contributed by atoms with E-state index in [0.29, 0.717) is 13.1 Å². The summed E-state index contributed by atoms with van der Waals surface area (Å²) in [5.74, 6) is -0.0728. The molecule has 0 aliphatic heterocycles. The number of rotatable bonds is 7. The number of aromatic nitrogens is 2. The number of quaternary nitrogens is 1. The number of aryl methyl sites for hydroxylation is 1. The standard InChI is InChI=1S/C21H29N5O/c1-15(2)21(5,14-22)23-20(27)13-25(6)12-19-16(3)24-26(17(19)4)18-10-8-7-9-11-18/h7-11,15H,12-13H2,1-6H3,(H,23,27)/p+1/t21-/m1/s1. The van der Waals surface area contributed by atoms with E-state index >= 15 is 0 Å². The predicted octanol–water partition coefficient (Wildman–Crippen LogP) is 1.56. The third-order valence-electron chi connectivity index (χ3n) is 5.17. The van der Waals surface area contributed by atoms with Crippen molar-refractivity contribution in [3.63, 3.8) is 0 Å². The van der Waals surface area contributed by atoms with E-state index in [1.54, 1.807) is 6.92 Å². The van der Waals surface area contributed by atoms with Crippen molar-refractivity contribution < 1.29 is 9.69 Å². The highest BCUT2D eigenvalue weighted by Gasteiger charge is 2.31. The first-order valence-electron chi connectivity index (χ1n) is 9.32. The molecule has 2 rings (SSSR count). The number of hydrogen-bond donors (Lipinski definition) is 2. The monoisotopic (exact) mass is 368 g/mol. The molecule has 27 heavy (non-hydrogen) atoms. The Labute approximate surface area is 161 Å². The maximum absolute atomic E-state index is 12.4. The summed E-state index contributed by atoms with van der Waals surface area (Å²) in [5.41, 5.74) is 3.39. The zero-order valence-corrected chi connectivity index (χ0v) is 17.1. The van der Waals surface area contributed by atoms with Crippen molar-refractivity contribution in [3.8, 4) is 11.8 Å². The van der Waals surface area contributed by atoms with Gasteiger partial charge < -0.3 is 10.2 Å². The molecule has 0 saturated heterocycles. The number of likely N-dealkylation sites (N-methyl/N-ethyl adjacent to an activating group) is 1. The summed E-state index contributed by atoms with van der Waals surface area (Å²) in [4.78, 5) is 13.5. The van der Waals surface area contributed by atoms with Crippen molar-refractivity contribution in [1.29, 1.82) is 5.26 Å². The summed E-state index contributed by atoms with van der Waals surface area (Å²) >= 11 is 0. The largest absolute Gasteiger partial charge is 0.333 e. The highest BCUT2D eigenvalue weighted by Crippen LogP contribution is 2.17. The number of carbonyl (C=O) groups excluding carboxylic acids is 1. The molecule has 144 valence electrons. The van der Waals surface area contributed by atoms with Crippen LogP contribution in [0.5, 0.6) is 0 Å². The lowest BCUT2D eigenvalue weighted by molar-refractivity contribution is -0.885. The van der Waals surface area contributed by atoms with Crippen molar-refractivity contribution in [3.05, 3.63) is 47.3 Å². The van der Waals surface area contributed by atoms with E-state index in [2.05, 4.69) is 23.4 Å². The lowest BCUT2D eigenvalue weighted by Crippen LogP contribution is -3.09. The van der Waals surface area contributed by atoms with Crippen molar-refractivity contribution in [1.82, 2.24) is 15.1 Å². The van der Waals surface area contributed by atoms with Crippen molar-refractivity contribution >= 4 is 5.91 Å². The van der Waals surface area contributed by atoms with E-state index in [1.807, 2.05) is 62.8 Å². The molecule has 2 aromatic rings. The van der Waals surface area contributed by atoms with Gasteiger partial charge in [-0.15, -0.1) is 0 Å². The fourth-order valence-corrected chi connectivity index (χ4v) is 3.02. The van der Waals surface area contributed by atoms with E-state index in [0.717, 1.165) is 27.5 Å². The van der Waals surface area contributed by atoms with Crippen LogP contribution < -0.4 is 10.2 Å². The zero-order valence-electron chi connectivity index (χ0n) is 17.1.